The number of Topliss-reactive ketones (excluding diaryl/α,β-unsaturated/α-hetero) is 2. The van der Waals surface area contributed by atoms with Gasteiger partial charge in [-0.15, -0.1) is 5.92 Å². The summed E-state index contributed by atoms with van der Waals surface area (Å²) in [5.74, 6) is 0.473. The number of aliphatic hydroxyl groups excluding tert-OH is 4. The molecular formula is C70H95N5O12S2. The first-order valence-corrected chi connectivity index (χ1v) is 36.1. The Labute approximate surface area is 531 Å². The zero-order chi connectivity index (χ0) is 62.5. The van der Waals surface area contributed by atoms with Crippen LogP contribution in [0.2, 0.25) is 0 Å². The molecule has 4 bridgehead atoms. The third-order valence-electron chi connectivity index (χ3n) is 25.6. The maximum Gasteiger partial charge on any atom is 0.313 e. The summed E-state index contributed by atoms with van der Waals surface area (Å²) in [7, 11) is 3.13. The fraction of sp³-hybridized carbons (Fsp3) is 0.714. The lowest BCUT2D eigenvalue weighted by Crippen LogP contribution is -2.73. The minimum Gasteiger partial charge on any atom is -0.508 e. The van der Waals surface area contributed by atoms with Gasteiger partial charge in [-0.1, -0.05) is 77.5 Å². The Bertz CT molecular complexity index is 3130. The Morgan fingerprint density at radius 2 is 1.64 bits per heavy atom. The smallest absolute Gasteiger partial charge is 0.313 e. The Hall–Kier alpha value is -4.36. The molecule has 1 aromatic carbocycles. The predicted octanol–water partition coefficient (Wildman–Crippen LogP) is 6.98. The molecule has 2 aromatic rings. The van der Waals surface area contributed by atoms with Gasteiger partial charge >= 0.3 is 5.97 Å². The van der Waals surface area contributed by atoms with E-state index in [4.69, 9.17) is 21.2 Å². The van der Waals surface area contributed by atoms with Crippen molar-refractivity contribution in [3.8, 4) is 17.6 Å². The van der Waals surface area contributed by atoms with Gasteiger partial charge in [-0.05, 0) is 184 Å². The van der Waals surface area contributed by atoms with Gasteiger partial charge in [0.1, 0.15) is 5.75 Å². The van der Waals surface area contributed by atoms with Gasteiger partial charge in [-0.25, -0.2) is 0 Å². The highest BCUT2D eigenvalue weighted by atomic mass is 33.1. The van der Waals surface area contributed by atoms with Crippen LogP contribution in [0.1, 0.15) is 152 Å². The highest BCUT2D eigenvalue weighted by molar-refractivity contribution is 8.76. The molecule has 0 amide bonds. The molecule has 2 aliphatic heterocycles. The van der Waals surface area contributed by atoms with Gasteiger partial charge in [-0.2, -0.15) is 0 Å². The number of hydrogen-bond donors (Lipinski definition) is 12. The number of ketones is 2. The van der Waals surface area contributed by atoms with Crippen LogP contribution >= 0.6 is 21.6 Å². The summed E-state index contributed by atoms with van der Waals surface area (Å²) in [6.45, 7) is 3.86. The molecule has 8 fully saturated rings. The fourth-order valence-electron chi connectivity index (χ4n) is 22.1. The van der Waals surface area contributed by atoms with Gasteiger partial charge < -0.3 is 67.4 Å². The number of phenols is 1. The number of aliphatic imine (C=N–C) groups is 1. The highest BCUT2D eigenvalue weighted by Crippen LogP contribution is 2.78. The molecule has 3 heterocycles. The van der Waals surface area contributed by atoms with Crippen LogP contribution in [0.25, 0.3) is 0 Å². The lowest BCUT2D eigenvalue weighted by Gasteiger charge is -2.70. The predicted molar refractivity (Wildman–Crippen MR) is 340 cm³/mol. The molecule has 2 saturated heterocycles. The summed E-state index contributed by atoms with van der Waals surface area (Å²) in [5.41, 5.74) is 9.82. The molecule has 1 aromatic heterocycles. The number of fused-ring (bicyclic) bond motifs is 10. The van der Waals surface area contributed by atoms with Crippen molar-refractivity contribution >= 4 is 45.1 Å². The minimum atomic E-state index is -2.06. The molecule has 89 heavy (non-hydrogen) atoms. The standard InChI is InChI=1S/C70H95N5O12S2/c1-36-11-12-38-16-20-48-50(49(38)23-36)25-39(52-33-87-65(84)56(52)42-21-22-73-30-42)7-6-8-41-28-70(86)59-57(40-13-17-45(31-75-66(71)72)69(70,27-40)63(41)67(2,85)55(79)26-51(48)64(82)83)68(44-9-4-3-5-10-44)29-54(78)61(80)53-35-89-88-34-43(37-14-18-46(76)19-15-37)24-47(77)32-74-60(59)62(81)58(53)68/h14-16,18-19,21-22,30,36,39-41,43-45,48-58,61,63-64,73-74,76,78-80,82-83,85-86H,3-5,8-13,17,20,23-29,31-35H2,1-2H3,(H4,71,72,75)/t36-,39-,40-,41+,43+,45+,48-,49+,50-,51-,52-,53+,54+,55-,56-,57+,58+,61-,63-,67+,68+,69+,70-/m1/s1. The highest BCUT2D eigenvalue weighted by Gasteiger charge is 2.80. The normalized spacial score (nSPS) is 44.4. The SMILES string of the molecule is C[C@@H]1CCC2=CC[C@@H]3[C@@H](C[C@H]([C@H]4COC(=O)[C@@H]4c4cc[nH]c4)C#CC[C@H]4C[C@@]5(O)C6=C7NCC(=O)C[C@H](c8ccc(O)cc8)CSSC[C@@H]8[C@@H](O)[C@@H](O)C[C@](C9CCCCC9)([C@H]6[C@@H]6CC[C@@H](CN=C(N)N)[C@@]5(C6)[C@H]4[C@@](C)(O)[C@H](O)C[C@H]3C(O)O)[C@@H]8C7=O)[C@H]2C1. The molecule has 14 N–H and O–H groups in total. The van der Waals surface area contributed by atoms with Crippen LogP contribution < -0.4 is 16.8 Å². The number of phenolic OH excluding ortho intramolecular Hbond substituents is 1. The second kappa shape index (κ2) is 24.8. The van der Waals surface area contributed by atoms with E-state index in [0.29, 0.717) is 55.1 Å². The van der Waals surface area contributed by atoms with Gasteiger partial charge in [0.15, 0.2) is 23.8 Å². The van der Waals surface area contributed by atoms with Crippen LogP contribution in [0.5, 0.6) is 5.75 Å². The third-order valence-corrected chi connectivity index (χ3v) is 28.2. The van der Waals surface area contributed by atoms with Crippen molar-refractivity contribution in [2.45, 2.75) is 177 Å². The van der Waals surface area contributed by atoms with Crippen LogP contribution in [0.15, 0.2) is 70.6 Å². The Morgan fingerprint density at radius 3 is 2.38 bits per heavy atom. The number of aromatic hydroxyl groups is 1. The van der Waals surface area contributed by atoms with E-state index in [1.165, 1.54) is 5.57 Å². The van der Waals surface area contributed by atoms with Crippen LogP contribution in [-0.2, 0) is 19.1 Å². The summed E-state index contributed by atoms with van der Waals surface area (Å²) >= 11 is 0. The topological polar surface area (TPSA) is 315 Å². The molecule has 23 atom stereocenters. The molecule has 11 aliphatic rings. The molecule has 9 aliphatic carbocycles. The number of hydrogen-bond acceptors (Lipinski definition) is 16. The van der Waals surface area contributed by atoms with E-state index in [1.807, 2.05) is 24.4 Å². The fourth-order valence-corrected chi connectivity index (χ4v) is 24.9. The maximum atomic E-state index is 16.9. The number of nitrogens with two attached hydrogens (primary N) is 2. The van der Waals surface area contributed by atoms with Gasteiger partial charge in [0, 0.05) is 90.1 Å². The first-order chi connectivity index (χ1) is 42.7. The second-order valence-corrected chi connectivity index (χ2v) is 32.5. The summed E-state index contributed by atoms with van der Waals surface area (Å²) in [6, 6.07) is 8.78. The molecule has 13 rings (SSSR count). The number of carbonyl (C=O) groups is 3. The number of aliphatic hydroxyl groups is 7. The van der Waals surface area contributed by atoms with Crippen molar-refractivity contribution in [2.24, 2.45) is 116 Å². The number of cyclic esters (lactones) is 1. The minimum absolute atomic E-state index is 0.0137. The summed E-state index contributed by atoms with van der Waals surface area (Å²) in [4.78, 5) is 53.6. The van der Waals surface area contributed by atoms with Gasteiger partial charge in [0.25, 0.3) is 0 Å². The molecule has 484 valence electrons. The van der Waals surface area contributed by atoms with E-state index in [9.17, 15) is 45.3 Å². The first-order valence-electron chi connectivity index (χ1n) is 33.6. The maximum absolute atomic E-state index is 16.9. The largest absolute Gasteiger partial charge is 0.508 e. The Balaban J connectivity index is 1.02. The van der Waals surface area contributed by atoms with Crippen molar-refractivity contribution in [1.29, 1.82) is 0 Å². The monoisotopic (exact) mass is 1260 g/mol. The van der Waals surface area contributed by atoms with Crippen LogP contribution in [0.4, 0.5) is 0 Å². The molecular weight excluding hydrogens is 1170 g/mol. The number of esters is 1. The first kappa shape index (κ1) is 63.4. The van der Waals surface area contributed by atoms with Gasteiger partial charge in [0.05, 0.1) is 54.3 Å². The zero-order valence-corrected chi connectivity index (χ0v) is 53.3. The molecule has 1 spiro atoms. The molecule has 0 unspecified atom stereocenters. The quantitative estimate of drug-likeness (QED) is 0.0253. The van der Waals surface area contributed by atoms with Crippen LogP contribution in [0, 0.1) is 111 Å². The number of benzene rings is 1. The summed E-state index contributed by atoms with van der Waals surface area (Å²) < 4.78 is 5.98. The van der Waals surface area contributed by atoms with E-state index in [0.717, 1.165) is 62.5 Å². The number of H-pyrrole nitrogens is 1. The summed E-state index contributed by atoms with van der Waals surface area (Å²) in [5, 5.41) is 106. The van der Waals surface area contributed by atoms with Crippen molar-refractivity contribution in [3.63, 3.8) is 0 Å². The average Bonchev–Trinajstić information content (AvgIpc) is 1.62. The molecule has 6 saturated carbocycles. The number of allylic oxidation sites excluding steroid dienone is 3. The Kier molecular flexibility index (Phi) is 17.7. The number of carbonyl (C=O) groups excluding carboxylic acids is 3. The van der Waals surface area contributed by atoms with Crippen LogP contribution in [0.3, 0.4) is 0 Å². The van der Waals surface area contributed by atoms with Crippen molar-refractivity contribution in [3.05, 3.63) is 76.8 Å². The number of nitrogens with zero attached hydrogens (tertiary/aromatic N) is 1. The zero-order valence-electron chi connectivity index (χ0n) is 51.6. The van der Waals surface area contributed by atoms with E-state index in [1.54, 1.807) is 46.8 Å². The van der Waals surface area contributed by atoms with Gasteiger partial charge in [0.2, 0.25) is 0 Å². The number of nitrogens with one attached hydrogen (secondary N) is 2. The van der Waals surface area contributed by atoms with E-state index in [-0.39, 0.29) is 128 Å². The lowest BCUT2D eigenvalue weighted by atomic mass is 9.34. The third kappa shape index (κ3) is 10.8. The average molecular weight is 1260 g/mol. The summed E-state index contributed by atoms with van der Waals surface area (Å²) in [6.07, 6.45) is 10.1. The number of aromatic amines is 1. The number of ether oxygens (including phenoxy) is 1. The number of aromatic nitrogens is 1. The van der Waals surface area contributed by atoms with E-state index in [2.05, 4.69) is 35.1 Å². The van der Waals surface area contributed by atoms with Crippen LogP contribution in [-0.4, -0.2) is 136 Å². The lowest BCUT2D eigenvalue weighted by molar-refractivity contribution is -0.241. The van der Waals surface area contributed by atoms with Crippen molar-refractivity contribution in [2.75, 3.05) is 31.2 Å². The van der Waals surface area contributed by atoms with Crippen molar-refractivity contribution < 1.29 is 60.0 Å². The molecule has 17 nitrogen and oxygen atoms in total. The molecule has 19 heteroatoms. The molecule has 0 radical (unpaired) electrons. The number of guanidine groups is 1. The second-order valence-electron chi connectivity index (χ2n) is 29.9. The van der Waals surface area contributed by atoms with Gasteiger partial charge in [-0.3, -0.25) is 19.4 Å². The van der Waals surface area contributed by atoms with E-state index < -0.39 is 99.9 Å². The number of rotatable bonds is 7. The van der Waals surface area contributed by atoms with Crippen molar-refractivity contribution in [1.82, 2.24) is 10.3 Å². The Morgan fingerprint density at radius 1 is 0.865 bits per heavy atom. The van der Waals surface area contributed by atoms with E-state index >= 15 is 9.90 Å².